The molecule has 1 spiro atoms. The Hall–Kier alpha value is -2.96. The average Bonchev–Trinajstić information content (AvgIpc) is 3.24. The molecule has 1 aromatic carbocycles. The molecule has 0 atom stereocenters. The van der Waals surface area contributed by atoms with Crippen molar-refractivity contribution in [3.63, 3.8) is 0 Å². The second kappa shape index (κ2) is 7.02. The van der Waals surface area contributed by atoms with Crippen molar-refractivity contribution >= 4 is 17.4 Å². The molecule has 1 saturated carbocycles. The summed E-state index contributed by atoms with van der Waals surface area (Å²) >= 11 is 0. The number of hydrogen-bond donors (Lipinski definition) is 0. The van der Waals surface area contributed by atoms with E-state index in [1.54, 1.807) is 6.33 Å². The summed E-state index contributed by atoms with van der Waals surface area (Å²) in [5.41, 5.74) is 4.24. The van der Waals surface area contributed by atoms with Gasteiger partial charge in [0.25, 0.3) is 0 Å². The summed E-state index contributed by atoms with van der Waals surface area (Å²) in [6.45, 7) is 5.55. The molecule has 6 rings (SSSR count). The van der Waals surface area contributed by atoms with Gasteiger partial charge in [0.05, 0.1) is 18.0 Å². The first kappa shape index (κ1) is 19.7. The fraction of sp³-hybridized carbons (Fsp3) is 0.520. The number of ether oxygens (including phenoxy) is 1. The van der Waals surface area contributed by atoms with Gasteiger partial charge in [0, 0.05) is 50.1 Å². The molecule has 2 saturated heterocycles. The third kappa shape index (κ3) is 3.44. The summed E-state index contributed by atoms with van der Waals surface area (Å²) in [5, 5.41) is 0. The molecular weight excluding hydrogens is 402 g/mol. The molecule has 0 bridgehead atoms. The largest absolute Gasteiger partial charge is 0.488 e. The summed E-state index contributed by atoms with van der Waals surface area (Å²) in [4.78, 5) is 30.2. The summed E-state index contributed by atoms with van der Waals surface area (Å²) in [5.74, 6) is 2.13. The van der Waals surface area contributed by atoms with E-state index in [0.717, 1.165) is 73.9 Å². The maximum absolute atomic E-state index is 12.1. The van der Waals surface area contributed by atoms with Gasteiger partial charge in [-0.1, -0.05) is 6.07 Å². The predicted octanol–water partition coefficient (Wildman–Crippen LogP) is 3.21. The van der Waals surface area contributed by atoms with E-state index in [1.165, 1.54) is 5.56 Å². The Labute approximate surface area is 188 Å². The lowest BCUT2D eigenvalue weighted by atomic mass is 9.77. The van der Waals surface area contributed by atoms with Crippen LogP contribution in [0.4, 0.5) is 5.82 Å². The molecule has 7 heteroatoms. The van der Waals surface area contributed by atoms with Crippen molar-refractivity contribution in [3.05, 3.63) is 47.4 Å². The zero-order chi connectivity index (χ0) is 21.9. The zero-order valence-corrected chi connectivity index (χ0v) is 18.8. The Bertz CT molecular complexity index is 1120. The topological polar surface area (TPSA) is 70.9 Å². The third-order valence-corrected chi connectivity index (χ3v) is 7.63. The van der Waals surface area contributed by atoms with Gasteiger partial charge in [-0.05, 0) is 50.3 Å². The third-order valence-electron chi connectivity index (χ3n) is 7.63. The minimum atomic E-state index is -0.00338. The van der Waals surface area contributed by atoms with Gasteiger partial charge < -0.3 is 14.5 Å². The fourth-order valence-electron chi connectivity index (χ4n) is 5.31. The van der Waals surface area contributed by atoms with Crippen LogP contribution in [-0.2, 0) is 11.3 Å². The molecule has 0 N–H and O–H groups in total. The highest BCUT2D eigenvalue weighted by Crippen LogP contribution is 2.42. The van der Waals surface area contributed by atoms with Gasteiger partial charge in [0.15, 0.2) is 0 Å². The molecule has 0 unspecified atom stereocenters. The van der Waals surface area contributed by atoms with Crippen LogP contribution in [0.1, 0.15) is 55.8 Å². The summed E-state index contributed by atoms with van der Waals surface area (Å²) in [6, 6.07) is 8.36. The van der Waals surface area contributed by atoms with Gasteiger partial charge >= 0.3 is 0 Å². The van der Waals surface area contributed by atoms with Crippen LogP contribution in [0.2, 0.25) is 0 Å². The molecule has 0 radical (unpaired) electrons. The van der Waals surface area contributed by atoms with Gasteiger partial charge in [-0.25, -0.2) is 9.97 Å². The Morgan fingerprint density at radius 2 is 1.88 bits per heavy atom. The second-order valence-electron chi connectivity index (χ2n) is 10.2. The molecule has 1 aliphatic carbocycles. The van der Waals surface area contributed by atoms with E-state index in [9.17, 15) is 4.79 Å². The number of nitrogens with zero attached hydrogens (tertiary/aromatic N) is 5. The molecule has 4 aliphatic rings. The first-order chi connectivity index (χ1) is 15.4. The maximum Gasteiger partial charge on any atom is 0.222 e. The fourth-order valence-corrected chi connectivity index (χ4v) is 5.31. The summed E-state index contributed by atoms with van der Waals surface area (Å²) < 4.78 is 6.18. The molecule has 1 amide bonds. The minimum absolute atomic E-state index is 0.00338. The number of carbonyl (C=O) groups excluding carboxylic acids is 1. The van der Waals surface area contributed by atoms with E-state index in [4.69, 9.17) is 9.73 Å². The number of benzene rings is 1. The van der Waals surface area contributed by atoms with Gasteiger partial charge in [0.2, 0.25) is 5.91 Å². The van der Waals surface area contributed by atoms with E-state index in [2.05, 4.69) is 46.1 Å². The molecule has 3 aliphatic heterocycles. The predicted molar refractivity (Wildman–Crippen MR) is 122 cm³/mol. The van der Waals surface area contributed by atoms with Crippen molar-refractivity contribution in [2.24, 2.45) is 10.4 Å². The van der Waals surface area contributed by atoms with Gasteiger partial charge in [-0.3, -0.25) is 9.79 Å². The summed E-state index contributed by atoms with van der Waals surface area (Å²) in [6.07, 6.45) is 6.60. The number of piperidine rings is 1. The summed E-state index contributed by atoms with van der Waals surface area (Å²) in [7, 11) is 1.92. The lowest BCUT2D eigenvalue weighted by molar-refractivity contribution is -0.126. The number of fused-ring (bicyclic) bond motifs is 1. The van der Waals surface area contributed by atoms with E-state index < -0.39 is 0 Å². The molecule has 2 aromatic rings. The normalized spacial score (nSPS) is 22.8. The van der Waals surface area contributed by atoms with Crippen molar-refractivity contribution in [2.75, 3.05) is 31.6 Å². The van der Waals surface area contributed by atoms with Crippen LogP contribution >= 0.6 is 0 Å². The van der Waals surface area contributed by atoms with Gasteiger partial charge in [-0.15, -0.1) is 0 Å². The number of hydrogen-bond acceptors (Lipinski definition) is 6. The highest BCUT2D eigenvalue weighted by molar-refractivity contribution is 6.14. The van der Waals surface area contributed by atoms with Crippen LogP contribution in [0.25, 0.3) is 0 Å². The smallest absolute Gasteiger partial charge is 0.222 e. The van der Waals surface area contributed by atoms with Crippen molar-refractivity contribution in [1.82, 2.24) is 14.9 Å². The van der Waals surface area contributed by atoms with Crippen molar-refractivity contribution in [2.45, 2.75) is 51.2 Å². The number of aromatic nitrogens is 2. The highest BCUT2D eigenvalue weighted by Gasteiger charge is 2.44. The van der Waals surface area contributed by atoms with E-state index in [-0.39, 0.29) is 16.9 Å². The number of likely N-dealkylation sites (tertiary alicyclic amines) is 1. The Morgan fingerprint density at radius 3 is 2.59 bits per heavy atom. The monoisotopic (exact) mass is 431 g/mol. The maximum atomic E-state index is 12.1. The first-order valence-electron chi connectivity index (χ1n) is 11.6. The Kier molecular flexibility index (Phi) is 4.32. The number of carbonyl (C=O) groups is 1. The van der Waals surface area contributed by atoms with E-state index >= 15 is 0 Å². The first-order valence-corrected chi connectivity index (χ1v) is 11.6. The lowest BCUT2D eigenvalue weighted by Gasteiger charge is -2.39. The Morgan fingerprint density at radius 1 is 1.06 bits per heavy atom. The van der Waals surface area contributed by atoms with Crippen LogP contribution in [0.3, 0.4) is 0 Å². The number of aliphatic imine (C=N–C) groups is 1. The molecule has 3 fully saturated rings. The Balaban J connectivity index is 1.21. The molecule has 32 heavy (non-hydrogen) atoms. The quantitative estimate of drug-likeness (QED) is 0.744. The molecule has 166 valence electrons. The zero-order valence-electron chi connectivity index (χ0n) is 18.8. The second-order valence-corrected chi connectivity index (χ2v) is 10.2. The van der Waals surface area contributed by atoms with Crippen molar-refractivity contribution < 1.29 is 9.53 Å². The van der Waals surface area contributed by atoms with Crippen molar-refractivity contribution in [3.8, 4) is 5.75 Å². The van der Waals surface area contributed by atoms with E-state index in [1.807, 2.05) is 11.9 Å². The van der Waals surface area contributed by atoms with Crippen LogP contribution < -0.4 is 9.64 Å². The number of amides is 1. The van der Waals surface area contributed by atoms with Crippen LogP contribution in [0, 0.1) is 5.41 Å². The number of anilines is 1. The SMILES string of the molecule is CN1CC2(CCN(c3cc(C4=NCc5ccc(OC6(C)CC6)cc54)ncn3)CC2)CC1=O. The van der Waals surface area contributed by atoms with Gasteiger partial charge in [0.1, 0.15) is 23.5 Å². The lowest BCUT2D eigenvalue weighted by Crippen LogP contribution is -2.41. The van der Waals surface area contributed by atoms with Crippen LogP contribution in [0.15, 0.2) is 35.6 Å². The molecule has 4 heterocycles. The van der Waals surface area contributed by atoms with Crippen LogP contribution in [-0.4, -0.2) is 58.8 Å². The standard InChI is InChI=1S/C25H29N5O2/c1-24(5-6-24)32-18-4-3-17-14-26-23(19(17)11-18)20-12-21(28-16-27-20)30-9-7-25(8-10-30)13-22(31)29(2)15-25/h3-4,11-12,16H,5-10,13-15H2,1-2H3. The highest BCUT2D eigenvalue weighted by atomic mass is 16.5. The molecule has 7 nitrogen and oxygen atoms in total. The van der Waals surface area contributed by atoms with E-state index in [0.29, 0.717) is 13.0 Å². The molecular formula is C25H29N5O2. The van der Waals surface area contributed by atoms with Gasteiger partial charge in [-0.2, -0.15) is 0 Å². The number of rotatable bonds is 4. The molecule has 1 aromatic heterocycles. The van der Waals surface area contributed by atoms with Crippen molar-refractivity contribution in [1.29, 1.82) is 0 Å². The van der Waals surface area contributed by atoms with Crippen LogP contribution in [0.5, 0.6) is 5.75 Å². The average molecular weight is 432 g/mol. The minimum Gasteiger partial charge on any atom is -0.488 e.